The molecule has 170 valence electrons. The number of rotatable bonds is 1. The van der Waals surface area contributed by atoms with E-state index < -0.39 is 0 Å². The van der Waals surface area contributed by atoms with Gasteiger partial charge in [-0.05, 0) is 77.6 Å². The topological polar surface area (TPSA) is 8.29 Å². The van der Waals surface area contributed by atoms with Crippen molar-refractivity contribution in [2.24, 2.45) is 7.05 Å². The highest BCUT2D eigenvalue weighted by molar-refractivity contribution is 6.29. The molecule has 7 aromatic rings. The molecule has 3 heterocycles. The molecular formula is C33H29N2+. The van der Waals surface area contributed by atoms with Crippen molar-refractivity contribution in [3.63, 3.8) is 0 Å². The zero-order chi connectivity index (χ0) is 23.4. The highest BCUT2D eigenvalue weighted by atomic mass is 15.0. The van der Waals surface area contributed by atoms with Crippen LogP contribution < -0.4 is 4.57 Å². The van der Waals surface area contributed by atoms with Crippen molar-refractivity contribution < 1.29 is 4.57 Å². The molecule has 0 radical (unpaired) electrons. The second kappa shape index (κ2) is 6.73. The molecule has 0 atom stereocenters. The monoisotopic (exact) mass is 453 g/mol. The Morgan fingerprint density at radius 2 is 1.43 bits per heavy atom. The third-order valence-electron chi connectivity index (χ3n) is 9.02. The summed E-state index contributed by atoms with van der Waals surface area (Å²) >= 11 is 0. The first-order valence-corrected chi connectivity index (χ1v) is 13.1. The smallest absolute Gasteiger partial charge is 0.224 e. The van der Waals surface area contributed by atoms with Crippen molar-refractivity contribution in [2.75, 3.05) is 0 Å². The molecule has 1 fully saturated rings. The van der Waals surface area contributed by atoms with Crippen LogP contribution in [0.15, 0.2) is 66.9 Å². The van der Waals surface area contributed by atoms with Crippen LogP contribution in [0.25, 0.3) is 59.8 Å². The number of para-hydroxylation sites is 1. The van der Waals surface area contributed by atoms with E-state index >= 15 is 0 Å². The number of nitrogens with zero attached hydrogens (tertiary/aromatic N) is 2. The molecule has 35 heavy (non-hydrogen) atoms. The summed E-state index contributed by atoms with van der Waals surface area (Å²) in [5, 5.41) is 9.79. The predicted molar refractivity (Wildman–Crippen MR) is 148 cm³/mol. The van der Waals surface area contributed by atoms with Crippen LogP contribution in [-0.2, 0) is 7.05 Å². The molecule has 0 aliphatic heterocycles. The molecule has 0 unspecified atom stereocenters. The first-order valence-electron chi connectivity index (χ1n) is 13.1. The summed E-state index contributed by atoms with van der Waals surface area (Å²) in [6.07, 6.45) is 7.60. The Labute approximate surface area is 204 Å². The van der Waals surface area contributed by atoms with Crippen LogP contribution in [-0.4, -0.2) is 4.40 Å². The van der Waals surface area contributed by atoms with Gasteiger partial charge in [0.2, 0.25) is 5.52 Å². The van der Waals surface area contributed by atoms with Crippen LogP contribution in [0.2, 0.25) is 0 Å². The summed E-state index contributed by atoms with van der Waals surface area (Å²) in [5.41, 5.74) is 9.80. The van der Waals surface area contributed by atoms with Gasteiger partial charge in [0, 0.05) is 16.8 Å². The first kappa shape index (κ1) is 19.6. The molecule has 3 aromatic heterocycles. The molecule has 1 aliphatic carbocycles. The Balaban J connectivity index is 1.79. The largest absolute Gasteiger partial charge is 0.307 e. The second-order valence-electron chi connectivity index (χ2n) is 10.8. The molecule has 0 bridgehead atoms. The highest BCUT2D eigenvalue weighted by Crippen LogP contribution is 2.48. The van der Waals surface area contributed by atoms with Crippen LogP contribution in [0.5, 0.6) is 0 Å². The fourth-order valence-corrected chi connectivity index (χ4v) is 7.47. The molecule has 0 saturated heterocycles. The lowest BCUT2D eigenvalue weighted by Gasteiger charge is -2.19. The predicted octanol–water partition coefficient (Wildman–Crippen LogP) is 8.24. The fraction of sp³-hybridized carbons (Fsp3) is 0.242. The Hall–Kier alpha value is -3.65. The molecule has 2 nitrogen and oxygen atoms in total. The second-order valence-corrected chi connectivity index (χ2v) is 10.8. The molecule has 1 saturated carbocycles. The maximum atomic E-state index is 2.63. The van der Waals surface area contributed by atoms with E-state index in [1.807, 2.05) is 0 Å². The highest BCUT2D eigenvalue weighted by Gasteiger charge is 2.29. The van der Waals surface area contributed by atoms with Crippen molar-refractivity contribution in [1.82, 2.24) is 4.40 Å². The third kappa shape index (κ3) is 2.33. The molecule has 8 rings (SSSR count). The Bertz CT molecular complexity index is 1980. The number of pyridine rings is 2. The maximum Gasteiger partial charge on any atom is 0.224 e. The van der Waals surface area contributed by atoms with Gasteiger partial charge in [0.05, 0.1) is 27.3 Å². The maximum absolute atomic E-state index is 2.63. The summed E-state index contributed by atoms with van der Waals surface area (Å²) in [5.74, 6) is 0.664. The van der Waals surface area contributed by atoms with Crippen LogP contribution in [0, 0.1) is 13.8 Å². The van der Waals surface area contributed by atoms with Crippen LogP contribution in [0.1, 0.15) is 48.3 Å². The normalized spacial score (nSPS) is 15.3. The average Bonchev–Trinajstić information content (AvgIpc) is 3.54. The average molecular weight is 454 g/mol. The zero-order valence-corrected chi connectivity index (χ0v) is 20.7. The summed E-state index contributed by atoms with van der Waals surface area (Å²) in [6.45, 7) is 4.65. The fourth-order valence-electron chi connectivity index (χ4n) is 7.47. The standard InChI is InChI=1S/C33H29N2/c1-19-23-12-6-7-13-24(23)20(2)31-28(19)32-29-22(16-17-34(32)3)18-26(21-10-4-5-11-21)30-25-14-8-9-15-27(25)35(31)33(29)30/h6-9,12-18,21H,4-5,10-11H2,1-3H3/q+1. The lowest BCUT2D eigenvalue weighted by molar-refractivity contribution is -0.643. The lowest BCUT2D eigenvalue weighted by Crippen LogP contribution is -2.29. The minimum Gasteiger partial charge on any atom is -0.307 e. The van der Waals surface area contributed by atoms with E-state index in [2.05, 4.69) is 96.7 Å². The van der Waals surface area contributed by atoms with Gasteiger partial charge in [-0.2, -0.15) is 0 Å². The van der Waals surface area contributed by atoms with Gasteiger partial charge in [0.25, 0.3) is 0 Å². The van der Waals surface area contributed by atoms with Crippen molar-refractivity contribution in [3.05, 3.63) is 83.6 Å². The summed E-state index contributed by atoms with van der Waals surface area (Å²) in [4.78, 5) is 0. The minimum atomic E-state index is 0.664. The number of fused-ring (bicyclic) bond motifs is 7. The van der Waals surface area contributed by atoms with Crippen molar-refractivity contribution in [2.45, 2.75) is 45.4 Å². The van der Waals surface area contributed by atoms with Crippen LogP contribution in [0.3, 0.4) is 0 Å². The molecule has 1 aliphatic rings. The number of hydrogen-bond donors (Lipinski definition) is 0. The Morgan fingerprint density at radius 3 is 2.20 bits per heavy atom. The van der Waals surface area contributed by atoms with E-state index in [-0.39, 0.29) is 0 Å². The number of benzene rings is 4. The number of hydrogen-bond acceptors (Lipinski definition) is 0. The lowest BCUT2D eigenvalue weighted by atomic mass is 9.88. The van der Waals surface area contributed by atoms with Gasteiger partial charge in [-0.15, -0.1) is 0 Å². The van der Waals surface area contributed by atoms with E-state index in [4.69, 9.17) is 0 Å². The van der Waals surface area contributed by atoms with Gasteiger partial charge in [0.1, 0.15) is 7.05 Å². The number of aryl methyl sites for hydroxylation is 3. The Kier molecular flexibility index (Phi) is 3.77. The first-order chi connectivity index (χ1) is 17.1. The quantitative estimate of drug-likeness (QED) is 0.134. The van der Waals surface area contributed by atoms with Gasteiger partial charge < -0.3 is 4.40 Å². The molecule has 0 spiro atoms. The minimum absolute atomic E-state index is 0.664. The Morgan fingerprint density at radius 1 is 0.743 bits per heavy atom. The van der Waals surface area contributed by atoms with E-state index in [1.165, 1.54) is 96.6 Å². The summed E-state index contributed by atoms with van der Waals surface area (Å²) in [6, 6.07) is 23.0. The SMILES string of the molecule is Cc1c2ccccc2c(C)c2c1c1c3c(cc[n+]1C)cc(C1CCCC1)c1c4ccccc4n2c13. The van der Waals surface area contributed by atoms with Crippen molar-refractivity contribution in [1.29, 1.82) is 0 Å². The van der Waals surface area contributed by atoms with E-state index in [0.29, 0.717) is 5.92 Å². The molecule has 0 N–H and O–H groups in total. The van der Waals surface area contributed by atoms with Crippen molar-refractivity contribution in [3.8, 4) is 0 Å². The van der Waals surface area contributed by atoms with Gasteiger partial charge in [-0.3, -0.25) is 0 Å². The van der Waals surface area contributed by atoms with Gasteiger partial charge >= 0.3 is 0 Å². The molecular weight excluding hydrogens is 424 g/mol. The summed E-state index contributed by atoms with van der Waals surface area (Å²) in [7, 11) is 2.22. The third-order valence-corrected chi connectivity index (χ3v) is 9.02. The summed E-state index contributed by atoms with van der Waals surface area (Å²) < 4.78 is 4.99. The van der Waals surface area contributed by atoms with Gasteiger partial charge in [-0.25, -0.2) is 4.57 Å². The number of aromatic nitrogens is 2. The van der Waals surface area contributed by atoms with Crippen molar-refractivity contribution >= 4 is 59.8 Å². The molecule has 2 heteroatoms. The van der Waals surface area contributed by atoms with Crippen LogP contribution >= 0.6 is 0 Å². The van der Waals surface area contributed by atoms with E-state index in [0.717, 1.165) is 0 Å². The van der Waals surface area contributed by atoms with Gasteiger partial charge in [-0.1, -0.05) is 55.3 Å². The van der Waals surface area contributed by atoms with E-state index in [1.54, 1.807) is 5.56 Å². The zero-order valence-electron chi connectivity index (χ0n) is 20.7. The van der Waals surface area contributed by atoms with Crippen LogP contribution in [0.4, 0.5) is 0 Å². The van der Waals surface area contributed by atoms with E-state index in [9.17, 15) is 0 Å². The molecule has 0 amide bonds. The van der Waals surface area contributed by atoms with Gasteiger partial charge in [0.15, 0.2) is 6.20 Å². The molecule has 4 aromatic carbocycles.